The van der Waals surface area contributed by atoms with Gasteiger partial charge in [0.1, 0.15) is 0 Å². The van der Waals surface area contributed by atoms with Crippen molar-refractivity contribution in [1.82, 2.24) is 0 Å². The molecule has 0 bridgehead atoms. The van der Waals surface area contributed by atoms with Crippen molar-refractivity contribution in [3.8, 4) is 11.1 Å². The zero-order valence-corrected chi connectivity index (χ0v) is 22.2. The van der Waals surface area contributed by atoms with Gasteiger partial charge in [0, 0.05) is 5.41 Å². The summed E-state index contributed by atoms with van der Waals surface area (Å²) in [5, 5.41) is 10.4. The molecular weight excluding hydrogens is 468 g/mol. The first kappa shape index (κ1) is 22.3. The molecule has 1 aliphatic carbocycles. The number of fused-ring (bicyclic) bond motifs is 6. The lowest BCUT2D eigenvalue weighted by atomic mass is 9.75. The summed E-state index contributed by atoms with van der Waals surface area (Å²) in [5.74, 6) is 0. The lowest BCUT2D eigenvalue weighted by Gasteiger charge is -2.28. The summed E-state index contributed by atoms with van der Waals surface area (Å²) in [7, 11) is 0. The van der Waals surface area contributed by atoms with Crippen LogP contribution in [0.1, 0.15) is 30.5 Å². The average Bonchev–Trinajstić information content (AvgIpc) is 3.25. The number of rotatable bonds is 2. The fourth-order valence-electron chi connectivity index (χ4n) is 7.02. The van der Waals surface area contributed by atoms with Crippen molar-refractivity contribution in [2.45, 2.75) is 19.3 Å². The second kappa shape index (κ2) is 8.16. The molecule has 0 spiro atoms. The van der Waals surface area contributed by atoms with E-state index in [2.05, 4.69) is 147 Å². The standard InChI is InChI=1S/C39H28/c1-39(2)35-21-10-4-13-26(35)24-36(39)38-33-17-8-6-15-31(33)37(32-16-7-9-18-34(32)38)30-20-11-19-28-27-14-5-3-12-25(27)22-23-29(28)30/h3-24H,1-2H3. The summed E-state index contributed by atoms with van der Waals surface area (Å²) >= 11 is 0. The van der Waals surface area contributed by atoms with Crippen LogP contribution in [0.3, 0.4) is 0 Å². The van der Waals surface area contributed by atoms with Crippen LogP contribution in [0.2, 0.25) is 0 Å². The first-order valence-corrected chi connectivity index (χ1v) is 13.8. The van der Waals surface area contributed by atoms with Crippen LogP contribution in [0.4, 0.5) is 0 Å². The summed E-state index contributed by atoms with van der Waals surface area (Å²) in [6.07, 6.45) is 2.42. The van der Waals surface area contributed by atoms with Crippen LogP contribution in [0.15, 0.2) is 127 Å². The Labute approximate surface area is 228 Å². The molecule has 0 fully saturated rings. The topological polar surface area (TPSA) is 0 Å². The molecule has 184 valence electrons. The Morgan fingerprint density at radius 2 is 0.974 bits per heavy atom. The quantitative estimate of drug-likeness (QED) is 0.165. The van der Waals surface area contributed by atoms with Crippen LogP contribution in [0.25, 0.3) is 65.9 Å². The van der Waals surface area contributed by atoms with Gasteiger partial charge in [0.15, 0.2) is 0 Å². The van der Waals surface area contributed by atoms with E-state index in [9.17, 15) is 0 Å². The van der Waals surface area contributed by atoms with E-state index in [1.54, 1.807) is 0 Å². The third-order valence-electron chi connectivity index (χ3n) is 8.86. The molecule has 8 rings (SSSR count). The molecule has 0 unspecified atom stereocenters. The van der Waals surface area contributed by atoms with Gasteiger partial charge in [0.25, 0.3) is 0 Å². The van der Waals surface area contributed by atoms with Gasteiger partial charge in [-0.05, 0) is 82.6 Å². The molecule has 7 aromatic rings. The molecule has 0 amide bonds. The molecule has 0 saturated heterocycles. The summed E-state index contributed by atoms with van der Waals surface area (Å²) in [4.78, 5) is 0. The summed E-state index contributed by atoms with van der Waals surface area (Å²) in [6, 6.07) is 47.0. The van der Waals surface area contributed by atoms with Crippen LogP contribution >= 0.6 is 0 Å². The minimum Gasteiger partial charge on any atom is -0.0619 e. The van der Waals surface area contributed by atoms with Crippen molar-refractivity contribution in [2.75, 3.05) is 0 Å². The molecule has 0 heteroatoms. The molecule has 0 aliphatic heterocycles. The highest BCUT2D eigenvalue weighted by molar-refractivity contribution is 6.24. The smallest absolute Gasteiger partial charge is 0.0159 e. The Balaban J connectivity index is 1.51. The van der Waals surface area contributed by atoms with E-state index in [1.807, 2.05) is 0 Å². The normalized spacial score (nSPS) is 14.3. The highest BCUT2D eigenvalue weighted by atomic mass is 14.4. The average molecular weight is 497 g/mol. The maximum atomic E-state index is 2.42. The number of allylic oxidation sites excluding steroid dienone is 1. The van der Waals surface area contributed by atoms with Gasteiger partial charge in [-0.25, -0.2) is 0 Å². The second-order valence-electron chi connectivity index (χ2n) is 11.3. The van der Waals surface area contributed by atoms with E-state index in [-0.39, 0.29) is 5.41 Å². The molecule has 0 N–H and O–H groups in total. The van der Waals surface area contributed by atoms with Crippen LogP contribution in [0.5, 0.6) is 0 Å². The van der Waals surface area contributed by atoms with Gasteiger partial charge in [-0.1, -0.05) is 141 Å². The molecule has 7 aromatic carbocycles. The van der Waals surface area contributed by atoms with Crippen molar-refractivity contribution in [3.05, 3.63) is 144 Å². The van der Waals surface area contributed by atoms with Crippen LogP contribution in [0, 0.1) is 0 Å². The summed E-state index contributed by atoms with van der Waals surface area (Å²) in [6.45, 7) is 4.75. The van der Waals surface area contributed by atoms with Crippen molar-refractivity contribution in [1.29, 1.82) is 0 Å². The summed E-state index contributed by atoms with van der Waals surface area (Å²) in [5.41, 5.74) is 8.01. The fraction of sp³-hybridized carbons (Fsp3) is 0.0769. The van der Waals surface area contributed by atoms with Gasteiger partial charge >= 0.3 is 0 Å². The molecule has 0 saturated carbocycles. The van der Waals surface area contributed by atoms with E-state index >= 15 is 0 Å². The highest BCUT2D eigenvalue weighted by Crippen LogP contribution is 2.52. The Bertz CT molecular complexity index is 2080. The molecular formula is C39H28. The molecule has 0 atom stereocenters. The SMILES string of the molecule is CC1(C)C(c2c3ccccc3c(-c3cccc4c3ccc3ccccc34)c3ccccc23)=Cc2ccccc21. The Morgan fingerprint density at radius 3 is 1.67 bits per heavy atom. The molecule has 39 heavy (non-hydrogen) atoms. The Morgan fingerprint density at radius 1 is 0.410 bits per heavy atom. The molecule has 0 radical (unpaired) electrons. The van der Waals surface area contributed by atoms with E-state index in [0.29, 0.717) is 0 Å². The van der Waals surface area contributed by atoms with Crippen molar-refractivity contribution < 1.29 is 0 Å². The van der Waals surface area contributed by atoms with E-state index in [1.165, 1.54) is 76.5 Å². The van der Waals surface area contributed by atoms with Gasteiger partial charge < -0.3 is 0 Å². The van der Waals surface area contributed by atoms with Crippen LogP contribution < -0.4 is 0 Å². The van der Waals surface area contributed by atoms with Crippen molar-refractivity contribution >= 4 is 54.7 Å². The number of benzene rings is 7. The number of hydrogen-bond donors (Lipinski definition) is 0. The Hall–Kier alpha value is -4.68. The lowest BCUT2D eigenvalue weighted by molar-refractivity contribution is 0.705. The van der Waals surface area contributed by atoms with Gasteiger partial charge in [0.05, 0.1) is 0 Å². The van der Waals surface area contributed by atoms with E-state index in [4.69, 9.17) is 0 Å². The first-order valence-electron chi connectivity index (χ1n) is 13.8. The van der Waals surface area contributed by atoms with Crippen molar-refractivity contribution in [3.63, 3.8) is 0 Å². The van der Waals surface area contributed by atoms with Gasteiger partial charge in [-0.15, -0.1) is 0 Å². The van der Waals surface area contributed by atoms with Crippen LogP contribution in [-0.4, -0.2) is 0 Å². The Kier molecular flexibility index (Phi) is 4.67. The number of hydrogen-bond acceptors (Lipinski definition) is 0. The predicted octanol–water partition coefficient (Wildman–Crippen LogP) is 10.8. The van der Waals surface area contributed by atoms with E-state index < -0.39 is 0 Å². The molecule has 0 aromatic heterocycles. The lowest BCUT2D eigenvalue weighted by Crippen LogP contribution is -2.16. The zero-order chi connectivity index (χ0) is 26.1. The largest absolute Gasteiger partial charge is 0.0619 e. The zero-order valence-electron chi connectivity index (χ0n) is 22.2. The third kappa shape index (κ3) is 3.12. The summed E-state index contributed by atoms with van der Waals surface area (Å²) < 4.78 is 0. The van der Waals surface area contributed by atoms with Gasteiger partial charge in [-0.3, -0.25) is 0 Å². The highest BCUT2D eigenvalue weighted by Gasteiger charge is 2.35. The maximum Gasteiger partial charge on any atom is 0.0159 e. The molecule has 0 heterocycles. The first-order chi connectivity index (χ1) is 19.1. The van der Waals surface area contributed by atoms with Gasteiger partial charge in [-0.2, -0.15) is 0 Å². The predicted molar refractivity (Wildman–Crippen MR) is 169 cm³/mol. The third-order valence-corrected chi connectivity index (χ3v) is 8.86. The minimum absolute atomic E-state index is 0.0813. The van der Waals surface area contributed by atoms with E-state index in [0.717, 1.165) is 0 Å². The molecule has 1 aliphatic rings. The molecule has 0 nitrogen and oxygen atoms in total. The maximum absolute atomic E-state index is 2.42. The monoisotopic (exact) mass is 496 g/mol. The second-order valence-corrected chi connectivity index (χ2v) is 11.3. The van der Waals surface area contributed by atoms with Crippen LogP contribution in [-0.2, 0) is 5.41 Å². The van der Waals surface area contributed by atoms with Crippen molar-refractivity contribution in [2.24, 2.45) is 0 Å². The fourth-order valence-corrected chi connectivity index (χ4v) is 7.02. The van der Waals surface area contributed by atoms with Gasteiger partial charge in [0.2, 0.25) is 0 Å². The minimum atomic E-state index is -0.0813.